The predicted octanol–water partition coefficient (Wildman–Crippen LogP) is 13.6. The monoisotopic (exact) mass is 622 g/mol. The summed E-state index contributed by atoms with van der Waals surface area (Å²) in [4.78, 5) is 0. The lowest BCUT2D eigenvalue weighted by Gasteiger charge is -2.22. The van der Waals surface area contributed by atoms with Crippen molar-refractivity contribution in [3.05, 3.63) is 181 Å². The minimum absolute atomic E-state index is 0.0283. The molecule has 0 radical (unpaired) electrons. The highest BCUT2D eigenvalue weighted by atomic mass is 14.4. The second-order valence-corrected chi connectivity index (χ2v) is 14.1. The largest absolute Gasteiger partial charge is 0.0619 e. The highest BCUT2D eigenvalue weighted by Crippen LogP contribution is 2.53. The zero-order valence-corrected chi connectivity index (χ0v) is 27.7. The molecule has 0 unspecified atom stereocenters. The predicted molar refractivity (Wildman–Crippen MR) is 210 cm³/mol. The fourth-order valence-corrected chi connectivity index (χ4v) is 8.64. The number of fused-ring (bicyclic) bond motifs is 11. The lowest BCUT2D eigenvalue weighted by Crippen LogP contribution is -2.14. The van der Waals surface area contributed by atoms with E-state index in [9.17, 15) is 0 Å². The SMILES string of the molecule is CC1(C)c2ccccc2-c2c1ccc1c3ccc(-c4cccc(-c5cccc(-c6cccc7ccccc67)c5)c4)cc3c3ccccc3c21. The molecule has 9 aromatic rings. The van der Waals surface area contributed by atoms with Crippen LogP contribution in [0.4, 0.5) is 0 Å². The van der Waals surface area contributed by atoms with Crippen molar-refractivity contribution in [1.29, 1.82) is 0 Å². The van der Waals surface area contributed by atoms with E-state index in [0.29, 0.717) is 0 Å². The van der Waals surface area contributed by atoms with Crippen molar-refractivity contribution in [1.82, 2.24) is 0 Å². The summed E-state index contributed by atoms with van der Waals surface area (Å²) in [7, 11) is 0. The average molecular weight is 623 g/mol. The molecule has 0 saturated heterocycles. The molecule has 9 aromatic carbocycles. The van der Waals surface area contributed by atoms with E-state index in [0.717, 1.165) is 0 Å². The fraction of sp³-hybridized carbons (Fsp3) is 0.0612. The van der Waals surface area contributed by atoms with Gasteiger partial charge in [0.15, 0.2) is 0 Å². The van der Waals surface area contributed by atoms with Crippen LogP contribution in [0.3, 0.4) is 0 Å². The molecule has 0 fully saturated rings. The lowest BCUT2D eigenvalue weighted by atomic mass is 9.81. The maximum atomic E-state index is 2.41. The van der Waals surface area contributed by atoms with Crippen LogP contribution in [0.2, 0.25) is 0 Å². The first-order chi connectivity index (χ1) is 24.1. The van der Waals surface area contributed by atoms with Gasteiger partial charge in [0.05, 0.1) is 0 Å². The van der Waals surface area contributed by atoms with E-state index in [1.54, 1.807) is 0 Å². The summed E-state index contributed by atoms with van der Waals surface area (Å²) in [6.45, 7) is 4.74. The minimum atomic E-state index is -0.0283. The van der Waals surface area contributed by atoms with Crippen molar-refractivity contribution in [2.45, 2.75) is 19.3 Å². The summed E-state index contributed by atoms with van der Waals surface area (Å²) >= 11 is 0. The zero-order chi connectivity index (χ0) is 32.7. The zero-order valence-electron chi connectivity index (χ0n) is 27.7. The third kappa shape index (κ3) is 4.17. The Morgan fingerprint density at radius 1 is 0.327 bits per heavy atom. The van der Waals surface area contributed by atoms with Gasteiger partial charge < -0.3 is 0 Å². The van der Waals surface area contributed by atoms with Crippen LogP contribution in [0.1, 0.15) is 25.0 Å². The number of hydrogen-bond donors (Lipinski definition) is 0. The van der Waals surface area contributed by atoms with Crippen molar-refractivity contribution >= 4 is 43.1 Å². The Morgan fingerprint density at radius 2 is 0.857 bits per heavy atom. The van der Waals surface area contributed by atoms with Crippen LogP contribution in [0, 0.1) is 0 Å². The third-order valence-corrected chi connectivity index (χ3v) is 11.0. The van der Waals surface area contributed by atoms with Gasteiger partial charge >= 0.3 is 0 Å². The molecule has 0 aromatic heterocycles. The smallest absolute Gasteiger partial charge is 0.0159 e. The van der Waals surface area contributed by atoms with Crippen molar-refractivity contribution < 1.29 is 0 Å². The molecule has 10 rings (SSSR count). The maximum absolute atomic E-state index is 2.41. The lowest BCUT2D eigenvalue weighted by molar-refractivity contribution is 0.661. The summed E-state index contributed by atoms with van der Waals surface area (Å²) in [6.07, 6.45) is 0. The van der Waals surface area contributed by atoms with Crippen LogP contribution >= 0.6 is 0 Å². The molecule has 0 spiro atoms. The van der Waals surface area contributed by atoms with Gasteiger partial charge in [-0.1, -0.05) is 166 Å². The Morgan fingerprint density at radius 3 is 1.67 bits per heavy atom. The van der Waals surface area contributed by atoms with Gasteiger partial charge in [0.25, 0.3) is 0 Å². The van der Waals surface area contributed by atoms with E-state index in [4.69, 9.17) is 0 Å². The summed E-state index contributed by atoms with van der Waals surface area (Å²) in [5.74, 6) is 0. The Hall–Kier alpha value is -5.98. The summed E-state index contributed by atoms with van der Waals surface area (Å²) < 4.78 is 0. The number of benzene rings is 9. The Labute approximate surface area is 286 Å². The summed E-state index contributed by atoms with van der Waals surface area (Å²) in [6, 6.07) is 63.0. The van der Waals surface area contributed by atoms with Crippen LogP contribution in [0.25, 0.3) is 87.6 Å². The second-order valence-electron chi connectivity index (χ2n) is 14.1. The normalized spacial score (nSPS) is 13.3. The Bertz CT molecular complexity index is 2770. The Kier molecular flexibility index (Phi) is 6.02. The van der Waals surface area contributed by atoms with Gasteiger partial charge in [-0.2, -0.15) is 0 Å². The molecular formula is C49H34. The van der Waals surface area contributed by atoms with Crippen LogP contribution in [-0.2, 0) is 5.41 Å². The highest BCUT2D eigenvalue weighted by molar-refractivity contribution is 6.29. The van der Waals surface area contributed by atoms with Gasteiger partial charge in [0, 0.05) is 5.41 Å². The fourth-order valence-electron chi connectivity index (χ4n) is 8.64. The molecule has 1 aliphatic carbocycles. The topological polar surface area (TPSA) is 0 Å². The molecule has 0 heterocycles. The van der Waals surface area contributed by atoms with Crippen LogP contribution in [0.5, 0.6) is 0 Å². The van der Waals surface area contributed by atoms with E-state index in [1.807, 2.05) is 0 Å². The summed E-state index contributed by atoms with van der Waals surface area (Å²) in [5.41, 5.74) is 13.0. The third-order valence-electron chi connectivity index (χ3n) is 11.0. The molecule has 0 N–H and O–H groups in total. The van der Waals surface area contributed by atoms with Crippen molar-refractivity contribution in [2.24, 2.45) is 0 Å². The van der Waals surface area contributed by atoms with E-state index in [1.165, 1.54) is 98.7 Å². The molecule has 0 amide bonds. The highest BCUT2D eigenvalue weighted by Gasteiger charge is 2.36. The van der Waals surface area contributed by atoms with Crippen molar-refractivity contribution in [3.8, 4) is 44.5 Å². The van der Waals surface area contributed by atoms with Crippen molar-refractivity contribution in [3.63, 3.8) is 0 Å². The van der Waals surface area contributed by atoms with Crippen molar-refractivity contribution in [2.75, 3.05) is 0 Å². The molecular weight excluding hydrogens is 589 g/mol. The van der Waals surface area contributed by atoms with Crippen LogP contribution < -0.4 is 0 Å². The number of rotatable bonds is 3. The summed E-state index contributed by atoms with van der Waals surface area (Å²) in [5, 5.41) is 10.5. The van der Waals surface area contributed by atoms with Gasteiger partial charge in [-0.15, -0.1) is 0 Å². The molecule has 1 aliphatic rings. The van der Waals surface area contributed by atoms with Gasteiger partial charge in [0.2, 0.25) is 0 Å². The molecule has 0 atom stereocenters. The molecule has 230 valence electrons. The van der Waals surface area contributed by atoms with Crippen LogP contribution in [-0.4, -0.2) is 0 Å². The molecule has 0 heteroatoms. The van der Waals surface area contributed by atoms with Gasteiger partial charge in [0.1, 0.15) is 0 Å². The first-order valence-electron chi connectivity index (χ1n) is 17.3. The van der Waals surface area contributed by atoms with E-state index in [-0.39, 0.29) is 5.41 Å². The molecule has 49 heavy (non-hydrogen) atoms. The van der Waals surface area contributed by atoms with Gasteiger partial charge in [-0.3, -0.25) is 0 Å². The first-order valence-corrected chi connectivity index (χ1v) is 17.3. The Balaban J connectivity index is 1.13. The van der Waals surface area contributed by atoms with Gasteiger partial charge in [-0.05, 0) is 117 Å². The minimum Gasteiger partial charge on any atom is -0.0619 e. The molecule has 0 nitrogen and oxygen atoms in total. The van der Waals surface area contributed by atoms with E-state index in [2.05, 4.69) is 184 Å². The molecule has 0 bridgehead atoms. The number of hydrogen-bond acceptors (Lipinski definition) is 0. The van der Waals surface area contributed by atoms with E-state index < -0.39 is 0 Å². The van der Waals surface area contributed by atoms with Gasteiger partial charge in [-0.25, -0.2) is 0 Å². The first kappa shape index (κ1) is 28.1. The van der Waals surface area contributed by atoms with E-state index >= 15 is 0 Å². The standard InChI is InChI=1S/C49H34/c1-49(2)45-23-8-7-21-43(45)48-46(49)27-26-42-40-25-24-35(30-44(40)39-19-5-6-20-41(39)47(42)48)33-15-9-14-32(28-33)34-16-10-17-36(29-34)38-22-11-13-31-12-3-4-18-37(31)38/h3-30H,1-2H3. The molecule has 0 saturated carbocycles. The second kappa shape index (κ2) is 10.5. The average Bonchev–Trinajstić information content (AvgIpc) is 3.40. The molecule has 0 aliphatic heterocycles. The maximum Gasteiger partial charge on any atom is 0.0159 e. The quantitative estimate of drug-likeness (QED) is 0.172. The van der Waals surface area contributed by atoms with Crippen LogP contribution in [0.15, 0.2) is 170 Å².